The molecule has 0 aliphatic heterocycles. The van der Waals surface area contributed by atoms with Gasteiger partial charge in [-0.1, -0.05) is 27.7 Å². The van der Waals surface area contributed by atoms with E-state index in [2.05, 4.69) is 49.8 Å². The van der Waals surface area contributed by atoms with Crippen molar-refractivity contribution in [3.63, 3.8) is 0 Å². The third kappa shape index (κ3) is 1.89. The van der Waals surface area contributed by atoms with Crippen LogP contribution >= 0.6 is 0 Å². The van der Waals surface area contributed by atoms with Gasteiger partial charge in [-0.2, -0.15) is 0 Å². The third-order valence-corrected chi connectivity index (χ3v) is 2.80. The Morgan fingerprint density at radius 2 is 1.80 bits per heavy atom. The Balaban J connectivity index is 2.52. The maximum Gasteiger partial charge on any atom is 0.137 e. The molecule has 2 aromatic heterocycles. The van der Waals surface area contributed by atoms with E-state index in [1.54, 1.807) is 0 Å². The molecule has 2 heteroatoms. The van der Waals surface area contributed by atoms with E-state index in [4.69, 9.17) is 0 Å². The molecule has 0 amide bonds. The number of nitrogens with one attached hydrogen (secondary N) is 1. The van der Waals surface area contributed by atoms with Gasteiger partial charge in [0.25, 0.3) is 0 Å². The highest BCUT2D eigenvalue weighted by atomic mass is 14.9. The number of nitrogens with zero attached hydrogens (tertiary/aromatic N) is 1. The van der Waals surface area contributed by atoms with Crippen LogP contribution in [0.4, 0.5) is 0 Å². The molecule has 0 aliphatic rings. The summed E-state index contributed by atoms with van der Waals surface area (Å²) in [6.07, 6.45) is 1.97. The molecule has 0 unspecified atom stereocenters. The predicted octanol–water partition coefficient (Wildman–Crippen LogP) is 3.81. The maximum absolute atomic E-state index is 4.45. The van der Waals surface area contributed by atoms with Gasteiger partial charge in [-0.15, -0.1) is 0 Å². The molecule has 2 nitrogen and oxygen atoms in total. The van der Waals surface area contributed by atoms with Crippen molar-refractivity contribution in [3.8, 4) is 0 Å². The molecule has 0 spiro atoms. The highest BCUT2D eigenvalue weighted by molar-refractivity contribution is 5.77. The van der Waals surface area contributed by atoms with E-state index in [1.807, 2.05) is 6.20 Å². The molecule has 0 aliphatic carbocycles. The van der Waals surface area contributed by atoms with Gasteiger partial charge in [0.2, 0.25) is 0 Å². The molecule has 0 atom stereocenters. The van der Waals surface area contributed by atoms with Crippen molar-refractivity contribution in [1.29, 1.82) is 0 Å². The Morgan fingerprint density at radius 3 is 2.40 bits per heavy atom. The van der Waals surface area contributed by atoms with E-state index in [9.17, 15) is 0 Å². The van der Waals surface area contributed by atoms with Crippen LogP contribution in [0.2, 0.25) is 0 Å². The summed E-state index contributed by atoms with van der Waals surface area (Å²) in [6.45, 7) is 8.76. The van der Waals surface area contributed by atoms with Gasteiger partial charge in [0.15, 0.2) is 0 Å². The summed E-state index contributed by atoms with van der Waals surface area (Å²) in [5.41, 5.74) is 3.57. The van der Waals surface area contributed by atoms with Crippen LogP contribution in [0.1, 0.15) is 50.8 Å². The first kappa shape index (κ1) is 10.2. The number of aromatic nitrogens is 2. The lowest BCUT2D eigenvalue weighted by atomic mass is 10.0. The largest absolute Gasteiger partial charge is 0.343 e. The maximum atomic E-state index is 4.45. The summed E-state index contributed by atoms with van der Waals surface area (Å²) in [7, 11) is 0. The average molecular weight is 202 g/mol. The minimum Gasteiger partial charge on any atom is -0.343 e. The zero-order valence-corrected chi connectivity index (χ0v) is 9.83. The lowest BCUT2D eigenvalue weighted by Gasteiger charge is -2.03. The van der Waals surface area contributed by atoms with E-state index in [0.29, 0.717) is 11.8 Å². The smallest absolute Gasteiger partial charge is 0.137 e. The van der Waals surface area contributed by atoms with Gasteiger partial charge in [0.1, 0.15) is 5.65 Å². The van der Waals surface area contributed by atoms with Crippen molar-refractivity contribution in [2.45, 2.75) is 39.5 Å². The summed E-state index contributed by atoms with van der Waals surface area (Å²) in [5, 5.41) is 1.23. The number of fused-ring (bicyclic) bond motifs is 1. The molecule has 2 heterocycles. The first-order valence-electron chi connectivity index (χ1n) is 5.56. The number of rotatable bonds is 2. The van der Waals surface area contributed by atoms with Crippen LogP contribution in [-0.4, -0.2) is 9.97 Å². The zero-order chi connectivity index (χ0) is 11.0. The molecule has 80 valence electrons. The Hall–Kier alpha value is -1.31. The average Bonchev–Trinajstić information content (AvgIpc) is 2.59. The number of hydrogen-bond donors (Lipinski definition) is 1. The van der Waals surface area contributed by atoms with E-state index < -0.39 is 0 Å². The minimum absolute atomic E-state index is 0.529. The van der Waals surface area contributed by atoms with Crippen molar-refractivity contribution in [3.05, 3.63) is 29.6 Å². The zero-order valence-electron chi connectivity index (χ0n) is 9.83. The number of H-pyrrole nitrogens is 1. The molecule has 2 aromatic rings. The molecule has 0 saturated heterocycles. The summed E-state index contributed by atoms with van der Waals surface area (Å²) in [5.74, 6) is 1.07. The number of pyridine rings is 1. The van der Waals surface area contributed by atoms with Crippen LogP contribution in [0.25, 0.3) is 11.0 Å². The monoisotopic (exact) mass is 202 g/mol. The fraction of sp³-hybridized carbons (Fsp3) is 0.462. The van der Waals surface area contributed by atoms with E-state index in [1.165, 1.54) is 16.6 Å². The van der Waals surface area contributed by atoms with Crippen molar-refractivity contribution < 1.29 is 0 Å². The van der Waals surface area contributed by atoms with Crippen molar-refractivity contribution in [2.75, 3.05) is 0 Å². The second kappa shape index (κ2) is 3.69. The van der Waals surface area contributed by atoms with Gasteiger partial charge in [-0.05, 0) is 29.5 Å². The summed E-state index contributed by atoms with van der Waals surface area (Å²) in [4.78, 5) is 7.80. The highest BCUT2D eigenvalue weighted by Crippen LogP contribution is 2.22. The van der Waals surface area contributed by atoms with Crippen LogP contribution in [0.5, 0.6) is 0 Å². The lowest BCUT2D eigenvalue weighted by Crippen LogP contribution is -1.88. The Bertz CT molecular complexity index is 460. The molecule has 0 saturated carbocycles. The second-order valence-corrected chi connectivity index (χ2v) is 4.74. The third-order valence-electron chi connectivity index (χ3n) is 2.80. The first-order chi connectivity index (χ1) is 7.08. The van der Waals surface area contributed by atoms with Crippen LogP contribution in [-0.2, 0) is 0 Å². The molecular formula is C13H18N2. The van der Waals surface area contributed by atoms with E-state index in [-0.39, 0.29) is 0 Å². The predicted molar refractivity (Wildman–Crippen MR) is 64.3 cm³/mol. The normalized spacial score (nSPS) is 11.9. The van der Waals surface area contributed by atoms with Crippen molar-refractivity contribution in [2.24, 2.45) is 0 Å². The Morgan fingerprint density at radius 1 is 1.07 bits per heavy atom. The molecule has 0 bridgehead atoms. The Kier molecular flexibility index (Phi) is 2.51. The fourth-order valence-corrected chi connectivity index (χ4v) is 1.68. The van der Waals surface area contributed by atoms with Gasteiger partial charge >= 0.3 is 0 Å². The molecule has 0 aromatic carbocycles. The highest BCUT2D eigenvalue weighted by Gasteiger charge is 2.07. The molecule has 0 fully saturated rings. The molecule has 15 heavy (non-hydrogen) atoms. The Labute approximate surface area is 90.7 Å². The lowest BCUT2D eigenvalue weighted by molar-refractivity contribution is 0.835. The fourth-order valence-electron chi connectivity index (χ4n) is 1.68. The van der Waals surface area contributed by atoms with Gasteiger partial charge in [-0.25, -0.2) is 4.98 Å². The van der Waals surface area contributed by atoms with E-state index in [0.717, 1.165) is 5.65 Å². The topological polar surface area (TPSA) is 28.7 Å². The van der Waals surface area contributed by atoms with Gasteiger partial charge in [0, 0.05) is 17.3 Å². The van der Waals surface area contributed by atoms with Gasteiger partial charge in [-0.3, -0.25) is 0 Å². The van der Waals surface area contributed by atoms with Gasteiger partial charge < -0.3 is 4.98 Å². The number of hydrogen-bond acceptors (Lipinski definition) is 1. The SMILES string of the molecule is CC(C)c1cnc2[nH]c(C(C)C)cc2c1. The van der Waals surface area contributed by atoms with Crippen LogP contribution in [0.3, 0.4) is 0 Å². The summed E-state index contributed by atoms with van der Waals surface area (Å²) >= 11 is 0. The number of aromatic amines is 1. The first-order valence-corrected chi connectivity index (χ1v) is 5.56. The van der Waals surface area contributed by atoms with Crippen molar-refractivity contribution >= 4 is 11.0 Å². The van der Waals surface area contributed by atoms with Crippen molar-refractivity contribution in [1.82, 2.24) is 9.97 Å². The second-order valence-electron chi connectivity index (χ2n) is 4.74. The van der Waals surface area contributed by atoms with Crippen LogP contribution < -0.4 is 0 Å². The molecule has 0 radical (unpaired) electrons. The molecular weight excluding hydrogens is 184 g/mol. The van der Waals surface area contributed by atoms with Gasteiger partial charge in [0.05, 0.1) is 0 Å². The van der Waals surface area contributed by atoms with E-state index >= 15 is 0 Å². The molecule has 2 rings (SSSR count). The minimum atomic E-state index is 0.529. The van der Waals surface area contributed by atoms with Crippen LogP contribution in [0.15, 0.2) is 18.3 Å². The summed E-state index contributed by atoms with van der Waals surface area (Å²) < 4.78 is 0. The standard InChI is InChI=1S/C13H18N2/c1-8(2)11-5-10-6-12(9(3)4)15-13(10)14-7-11/h5-9H,1-4H3,(H,14,15). The molecule has 1 N–H and O–H groups in total. The van der Waals surface area contributed by atoms with Crippen LogP contribution in [0, 0.1) is 0 Å². The summed E-state index contributed by atoms with van der Waals surface area (Å²) in [6, 6.07) is 4.44. The quantitative estimate of drug-likeness (QED) is 0.788.